The number of hydrogen-bond donors (Lipinski definition) is 0. The molecule has 0 N–H and O–H groups in total. The summed E-state index contributed by atoms with van der Waals surface area (Å²) in [6, 6.07) is 69.9. The molecule has 3 nitrogen and oxygen atoms in total. The molecule has 11 aromatic rings. The van der Waals surface area contributed by atoms with E-state index < -0.39 is 0 Å². The van der Waals surface area contributed by atoms with Crippen LogP contribution in [0.1, 0.15) is 37.0 Å². The molecule has 290 valence electrons. The molecule has 61 heavy (non-hydrogen) atoms. The molecule has 0 aliphatic heterocycles. The van der Waals surface area contributed by atoms with Crippen molar-refractivity contribution in [2.24, 2.45) is 15.9 Å². The molecule has 0 fully saturated rings. The van der Waals surface area contributed by atoms with Gasteiger partial charge in [-0.1, -0.05) is 184 Å². The number of para-hydroxylation sites is 2. The van der Waals surface area contributed by atoms with Gasteiger partial charge in [0, 0.05) is 21.9 Å². The summed E-state index contributed by atoms with van der Waals surface area (Å²) in [5.41, 5.74) is 8.07. The molecule has 1 heterocycles. The smallest absolute Gasteiger partial charge is 0.160 e. The number of nitrogens with zero attached hydrogens (tertiary/aromatic N) is 3. The van der Waals surface area contributed by atoms with Gasteiger partial charge in [-0.2, -0.15) is 0 Å². The molecule has 0 spiro atoms. The highest BCUT2D eigenvalue weighted by Crippen LogP contribution is 2.41. The fraction of sp³-hybridized carbons (Fsp3) is 0.0690. The maximum absolute atomic E-state index is 5.88. The van der Waals surface area contributed by atoms with Gasteiger partial charge in [-0.15, -0.1) is 0 Å². The summed E-state index contributed by atoms with van der Waals surface area (Å²) in [6.45, 7) is 9.11. The molecule has 11 rings (SSSR count). The van der Waals surface area contributed by atoms with Gasteiger partial charge >= 0.3 is 0 Å². The third-order valence-electron chi connectivity index (χ3n) is 12.6. The highest BCUT2D eigenvalue weighted by molar-refractivity contribution is 6.28. The van der Waals surface area contributed by atoms with Crippen molar-refractivity contribution in [3.63, 3.8) is 0 Å². The third kappa shape index (κ3) is 6.04. The third-order valence-corrected chi connectivity index (χ3v) is 12.6. The van der Waals surface area contributed by atoms with Gasteiger partial charge in [-0.05, 0) is 102 Å². The van der Waals surface area contributed by atoms with Gasteiger partial charge < -0.3 is 4.57 Å². The lowest BCUT2D eigenvalue weighted by molar-refractivity contribution is 0.740. The van der Waals surface area contributed by atoms with E-state index in [1.165, 1.54) is 53.9 Å². The quantitative estimate of drug-likeness (QED) is 0.0876. The van der Waals surface area contributed by atoms with Gasteiger partial charge in [0.05, 0.1) is 28.1 Å². The van der Waals surface area contributed by atoms with Crippen molar-refractivity contribution < 1.29 is 0 Å². The second-order valence-electron chi connectivity index (χ2n) is 16.1. The Kier molecular flexibility index (Phi) is 8.90. The summed E-state index contributed by atoms with van der Waals surface area (Å²) in [5, 5.41) is 14.4. The van der Waals surface area contributed by atoms with Crippen molar-refractivity contribution in [1.82, 2.24) is 4.57 Å². The van der Waals surface area contributed by atoms with E-state index in [4.69, 9.17) is 9.98 Å². The Bertz CT molecular complexity index is 3550. The van der Waals surface area contributed by atoms with Crippen molar-refractivity contribution in [1.29, 1.82) is 0 Å². The molecule has 1 atom stereocenters. The van der Waals surface area contributed by atoms with Gasteiger partial charge in [0.25, 0.3) is 0 Å². The maximum Gasteiger partial charge on any atom is 0.160 e. The first-order chi connectivity index (χ1) is 30.1. The maximum atomic E-state index is 5.88. The molecular formula is C58H43N3. The Morgan fingerprint density at radius 2 is 0.918 bits per heavy atom. The van der Waals surface area contributed by atoms with Crippen molar-refractivity contribution in [3.05, 3.63) is 217 Å². The summed E-state index contributed by atoms with van der Waals surface area (Å²) in [7, 11) is 0. The minimum Gasteiger partial charge on any atom is -0.309 e. The Balaban J connectivity index is 1.30. The number of amidine groups is 1. The lowest BCUT2D eigenvalue weighted by Gasteiger charge is -2.22. The first-order valence-corrected chi connectivity index (χ1v) is 21.3. The largest absolute Gasteiger partial charge is 0.309 e. The summed E-state index contributed by atoms with van der Waals surface area (Å²) >= 11 is 0. The van der Waals surface area contributed by atoms with Crippen LogP contribution in [0, 0.1) is 5.92 Å². The fourth-order valence-electron chi connectivity index (χ4n) is 9.46. The van der Waals surface area contributed by atoms with Gasteiger partial charge in [0.1, 0.15) is 0 Å². The van der Waals surface area contributed by atoms with Crippen LogP contribution in [0.2, 0.25) is 0 Å². The molecule has 1 aromatic heterocycles. The van der Waals surface area contributed by atoms with E-state index in [2.05, 4.69) is 201 Å². The molecule has 0 aliphatic carbocycles. The highest BCUT2D eigenvalue weighted by Gasteiger charge is 2.24. The normalized spacial score (nSPS) is 13.0. The molecule has 0 amide bonds. The van der Waals surface area contributed by atoms with Crippen molar-refractivity contribution in [3.8, 4) is 5.69 Å². The van der Waals surface area contributed by atoms with Crippen LogP contribution in [0.25, 0.3) is 87.1 Å². The minimum atomic E-state index is 0.0675. The van der Waals surface area contributed by atoms with Crippen LogP contribution in [0.3, 0.4) is 0 Å². The van der Waals surface area contributed by atoms with E-state index in [-0.39, 0.29) is 5.92 Å². The molecule has 1 unspecified atom stereocenters. The van der Waals surface area contributed by atoms with E-state index >= 15 is 0 Å². The summed E-state index contributed by atoms with van der Waals surface area (Å²) in [6.07, 6.45) is 0.882. The van der Waals surface area contributed by atoms with Crippen LogP contribution < -0.4 is 0 Å². The Labute approximate surface area is 355 Å². The van der Waals surface area contributed by atoms with Gasteiger partial charge in [-0.25, -0.2) is 9.98 Å². The first kappa shape index (κ1) is 36.5. The number of hydrogen-bond acceptors (Lipinski definition) is 1. The lowest BCUT2D eigenvalue weighted by atomic mass is 9.88. The molecule has 3 heteroatoms. The number of rotatable bonds is 7. The Morgan fingerprint density at radius 3 is 1.51 bits per heavy atom. The molecule has 0 saturated heterocycles. The second kappa shape index (κ2) is 14.9. The van der Waals surface area contributed by atoms with Crippen LogP contribution in [-0.2, 0) is 0 Å². The second-order valence-corrected chi connectivity index (χ2v) is 16.1. The molecule has 0 radical (unpaired) electrons. The number of fused-ring (bicyclic) bond motifs is 12. The fourth-order valence-corrected chi connectivity index (χ4v) is 9.46. The average molecular weight is 782 g/mol. The number of benzene rings is 10. The van der Waals surface area contributed by atoms with E-state index in [0.717, 1.165) is 56.3 Å². The minimum absolute atomic E-state index is 0.0675. The predicted octanol–water partition coefficient (Wildman–Crippen LogP) is 15.5. The molecular weight excluding hydrogens is 739 g/mol. The van der Waals surface area contributed by atoms with Crippen LogP contribution in [0.4, 0.5) is 0 Å². The monoisotopic (exact) mass is 781 g/mol. The first-order valence-electron chi connectivity index (χ1n) is 21.3. The van der Waals surface area contributed by atoms with Crippen molar-refractivity contribution >= 4 is 92.9 Å². The highest BCUT2D eigenvalue weighted by atomic mass is 15.0. The topological polar surface area (TPSA) is 29.6 Å². The summed E-state index contributed by atoms with van der Waals surface area (Å²) in [4.78, 5) is 11.3. The van der Waals surface area contributed by atoms with E-state index in [1.807, 2.05) is 18.2 Å². The van der Waals surface area contributed by atoms with Crippen molar-refractivity contribution in [2.75, 3.05) is 0 Å². The summed E-state index contributed by atoms with van der Waals surface area (Å²) in [5.74, 6) is 0.709. The molecule has 0 aliphatic rings. The number of aliphatic imine (C=N–C) groups is 2. The van der Waals surface area contributed by atoms with Crippen LogP contribution in [0.5, 0.6) is 0 Å². The van der Waals surface area contributed by atoms with E-state index in [9.17, 15) is 0 Å². The zero-order chi connectivity index (χ0) is 41.0. The van der Waals surface area contributed by atoms with E-state index in [1.54, 1.807) is 0 Å². The van der Waals surface area contributed by atoms with Crippen LogP contribution in [0.15, 0.2) is 211 Å². The Morgan fingerprint density at radius 1 is 0.459 bits per heavy atom. The molecule has 0 bridgehead atoms. The molecule has 0 saturated carbocycles. The van der Waals surface area contributed by atoms with E-state index in [0.29, 0.717) is 11.5 Å². The molecule has 10 aromatic carbocycles. The SMILES string of the molecule is C=C(/N=C(\N=C(\c1cc2c3ccccc3c3ccccc3c2cc1-n1c2ccccc2c2ccccc21)C(C)CC)c1cc2ccccc2c2ccccc12)c1ccccc1. The predicted molar refractivity (Wildman–Crippen MR) is 263 cm³/mol. The van der Waals surface area contributed by atoms with Gasteiger partial charge in [0.2, 0.25) is 0 Å². The van der Waals surface area contributed by atoms with Crippen LogP contribution in [-0.4, -0.2) is 16.1 Å². The zero-order valence-electron chi connectivity index (χ0n) is 34.3. The Hall–Kier alpha value is -7.62. The summed E-state index contributed by atoms with van der Waals surface area (Å²) < 4.78 is 2.46. The van der Waals surface area contributed by atoms with Crippen molar-refractivity contribution in [2.45, 2.75) is 20.3 Å². The lowest BCUT2D eigenvalue weighted by Crippen LogP contribution is -2.18. The number of aromatic nitrogens is 1. The zero-order valence-corrected chi connectivity index (χ0v) is 34.3. The van der Waals surface area contributed by atoms with Crippen LogP contribution >= 0.6 is 0 Å². The van der Waals surface area contributed by atoms with Gasteiger partial charge in [0.15, 0.2) is 5.84 Å². The standard InChI is InChI=1S/C58H43N3/c1-4-37(2)57(60-58(59-38(3)39-20-6-5-7-21-39)52-34-40-22-8-9-23-41(40)42-24-10-15-29-47(42)52)53-35-50-45-27-13-11-25-43(45)44-26-12-14-28-46(44)51(50)36-56(53)61-54-32-18-16-30-48(54)49-31-17-19-33-55(49)61/h5-37H,3-4H2,1-2H3/b59-58-,60-57+. The average Bonchev–Trinajstić information content (AvgIpc) is 3.66. The van der Waals surface area contributed by atoms with Gasteiger partial charge in [-0.3, -0.25) is 0 Å².